The van der Waals surface area contributed by atoms with E-state index in [1.165, 1.54) is 0 Å². The highest BCUT2D eigenvalue weighted by Crippen LogP contribution is 2.34. The average Bonchev–Trinajstić information content (AvgIpc) is 2.71. The largest absolute Gasteiger partial charge is 0.494 e. The van der Waals surface area contributed by atoms with Crippen molar-refractivity contribution in [3.8, 4) is 5.75 Å². The van der Waals surface area contributed by atoms with E-state index in [4.69, 9.17) is 4.74 Å². The lowest BCUT2D eigenvalue weighted by molar-refractivity contribution is -0.122. The molecule has 2 aromatic carbocycles. The van der Waals surface area contributed by atoms with Crippen molar-refractivity contribution in [2.24, 2.45) is 0 Å². The maximum atomic E-state index is 12.6. The number of rotatable bonds is 7. The maximum absolute atomic E-state index is 12.6. The van der Waals surface area contributed by atoms with Crippen molar-refractivity contribution in [2.75, 3.05) is 29.1 Å². The fraction of sp³-hybridized carbons (Fsp3) is 0.364. The average molecular weight is 399 g/mol. The maximum Gasteiger partial charge on any atom is 0.227 e. The summed E-state index contributed by atoms with van der Waals surface area (Å²) in [6.45, 7) is 5.35. The first-order valence-corrected chi connectivity index (χ1v) is 10.6. The van der Waals surface area contributed by atoms with Gasteiger partial charge in [-0.15, -0.1) is 11.8 Å². The zero-order valence-corrected chi connectivity index (χ0v) is 17.2. The van der Waals surface area contributed by atoms with Gasteiger partial charge >= 0.3 is 0 Å². The number of benzene rings is 2. The first-order chi connectivity index (χ1) is 13.6. The summed E-state index contributed by atoms with van der Waals surface area (Å²) in [4.78, 5) is 27.9. The predicted octanol–water partition coefficient (Wildman–Crippen LogP) is 4.64. The van der Waals surface area contributed by atoms with Gasteiger partial charge < -0.3 is 15.0 Å². The van der Waals surface area contributed by atoms with E-state index in [0.29, 0.717) is 13.2 Å². The quantitative estimate of drug-likeness (QED) is 0.738. The van der Waals surface area contributed by atoms with E-state index < -0.39 is 0 Å². The van der Waals surface area contributed by atoms with Crippen LogP contribution in [0.4, 0.5) is 11.4 Å². The second-order valence-electron chi connectivity index (χ2n) is 6.73. The number of fused-ring (bicyclic) bond motifs is 1. The van der Waals surface area contributed by atoms with Gasteiger partial charge in [-0.2, -0.15) is 0 Å². The molecule has 0 spiro atoms. The van der Waals surface area contributed by atoms with Crippen LogP contribution in [0.25, 0.3) is 0 Å². The van der Waals surface area contributed by atoms with Crippen LogP contribution < -0.4 is 15.0 Å². The minimum atomic E-state index is -0.154. The van der Waals surface area contributed by atoms with Crippen molar-refractivity contribution in [1.82, 2.24) is 0 Å². The number of aryl methyl sites for hydroxylation is 1. The summed E-state index contributed by atoms with van der Waals surface area (Å²) in [6.07, 6.45) is 1.31. The van der Waals surface area contributed by atoms with Crippen molar-refractivity contribution in [3.63, 3.8) is 0 Å². The number of thioether (sulfide) groups is 1. The second-order valence-corrected chi connectivity index (χ2v) is 7.87. The van der Waals surface area contributed by atoms with E-state index in [-0.39, 0.29) is 24.7 Å². The molecule has 6 heteroatoms. The first kappa shape index (κ1) is 20.3. The lowest BCUT2D eigenvalue weighted by Crippen LogP contribution is -2.35. The Morgan fingerprint density at radius 2 is 2.00 bits per heavy atom. The van der Waals surface area contributed by atoms with Crippen LogP contribution in [0.3, 0.4) is 0 Å². The van der Waals surface area contributed by atoms with E-state index >= 15 is 0 Å². The van der Waals surface area contributed by atoms with E-state index in [1.54, 1.807) is 16.7 Å². The molecule has 1 aliphatic heterocycles. The lowest BCUT2D eigenvalue weighted by atomic mass is 10.1. The van der Waals surface area contributed by atoms with Gasteiger partial charge in [0.25, 0.3) is 0 Å². The molecule has 148 valence electrons. The van der Waals surface area contributed by atoms with Gasteiger partial charge in [0.15, 0.2) is 0 Å². The summed E-state index contributed by atoms with van der Waals surface area (Å²) in [6, 6.07) is 13.5. The molecular weight excluding hydrogens is 372 g/mol. The van der Waals surface area contributed by atoms with Gasteiger partial charge in [0, 0.05) is 35.7 Å². The van der Waals surface area contributed by atoms with Gasteiger partial charge in [-0.25, -0.2) is 0 Å². The van der Waals surface area contributed by atoms with Crippen molar-refractivity contribution >= 4 is 35.0 Å². The second kappa shape index (κ2) is 9.64. The molecule has 0 saturated heterocycles. The van der Waals surface area contributed by atoms with Crippen LogP contribution in [0.2, 0.25) is 0 Å². The van der Waals surface area contributed by atoms with E-state index in [2.05, 4.69) is 12.2 Å². The predicted molar refractivity (Wildman–Crippen MR) is 114 cm³/mol. The Morgan fingerprint density at radius 3 is 2.79 bits per heavy atom. The molecule has 2 aromatic rings. The summed E-state index contributed by atoms with van der Waals surface area (Å²) >= 11 is 1.76. The Bertz CT molecular complexity index is 853. The lowest BCUT2D eigenvalue weighted by Gasteiger charge is -2.29. The summed E-state index contributed by atoms with van der Waals surface area (Å²) < 4.78 is 5.61. The molecule has 2 amide bonds. The minimum absolute atomic E-state index is 0.0112. The van der Waals surface area contributed by atoms with E-state index in [9.17, 15) is 9.59 Å². The monoisotopic (exact) mass is 398 g/mol. The highest BCUT2D eigenvalue weighted by Gasteiger charge is 2.23. The summed E-state index contributed by atoms with van der Waals surface area (Å²) in [5.41, 5.74) is 2.64. The van der Waals surface area contributed by atoms with E-state index in [0.717, 1.165) is 39.8 Å². The molecule has 1 heterocycles. The van der Waals surface area contributed by atoms with Gasteiger partial charge in [-0.3, -0.25) is 9.59 Å². The number of carbonyl (C=O) groups is 2. The summed E-state index contributed by atoms with van der Waals surface area (Å²) in [5, 5.41) is 2.90. The third kappa shape index (κ3) is 5.07. The standard InChI is InChI=1S/C22H26N2O3S/c1-3-13-27-17-8-9-18(16(2)15-17)23-21(25)10-11-22(26)24-12-14-28-20-7-5-4-6-19(20)24/h4-9,15H,3,10-14H2,1-2H3,(H,23,25). The van der Waals surface area contributed by atoms with Crippen LogP contribution in [0.15, 0.2) is 47.4 Å². The number of anilines is 2. The Balaban J connectivity index is 1.54. The highest BCUT2D eigenvalue weighted by atomic mass is 32.2. The van der Waals surface area contributed by atoms with Crippen LogP contribution >= 0.6 is 11.8 Å². The molecule has 0 aliphatic carbocycles. The molecule has 1 N–H and O–H groups in total. The molecule has 0 saturated carbocycles. The molecule has 0 aromatic heterocycles. The molecule has 0 unspecified atom stereocenters. The number of nitrogens with one attached hydrogen (secondary N) is 1. The summed E-state index contributed by atoms with van der Waals surface area (Å²) in [7, 11) is 0. The third-order valence-corrected chi connectivity index (χ3v) is 5.58. The SMILES string of the molecule is CCCOc1ccc(NC(=O)CCC(=O)N2CCSc3ccccc32)c(C)c1. The molecule has 0 bridgehead atoms. The smallest absolute Gasteiger partial charge is 0.227 e. The normalized spacial score (nSPS) is 13.0. The molecule has 1 aliphatic rings. The molecule has 0 radical (unpaired) electrons. The van der Waals surface area contributed by atoms with Crippen molar-refractivity contribution < 1.29 is 14.3 Å². The number of hydrogen-bond donors (Lipinski definition) is 1. The molecular formula is C22H26N2O3S. The van der Waals surface area contributed by atoms with Gasteiger partial charge in [0.1, 0.15) is 5.75 Å². The Hall–Kier alpha value is -2.47. The van der Waals surface area contributed by atoms with Crippen LogP contribution in [0.1, 0.15) is 31.7 Å². The third-order valence-electron chi connectivity index (χ3n) is 4.54. The molecule has 0 fully saturated rings. The zero-order valence-electron chi connectivity index (χ0n) is 16.4. The number of hydrogen-bond acceptors (Lipinski definition) is 4. The van der Waals surface area contributed by atoms with Crippen LogP contribution in [-0.4, -0.2) is 30.7 Å². The van der Waals surface area contributed by atoms with Crippen LogP contribution in [0, 0.1) is 6.92 Å². The van der Waals surface area contributed by atoms with Crippen molar-refractivity contribution in [1.29, 1.82) is 0 Å². The number of nitrogens with zero attached hydrogens (tertiary/aromatic N) is 1. The molecule has 28 heavy (non-hydrogen) atoms. The van der Waals surface area contributed by atoms with Gasteiger partial charge in [-0.1, -0.05) is 19.1 Å². The number of para-hydroxylation sites is 1. The van der Waals surface area contributed by atoms with Gasteiger partial charge in [0.2, 0.25) is 11.8 Å². The fourth-order valence-electron chi connectivity index (χ4n) is 3.08. The molecule has 5 nitrogen and oxygen atoms in total. The Labute approximate surface area is 170 Å². The van der Waals surface area contributed by atoms with Crippen molar-refractivity contribution in [2.45, 2.75) is 38.0 Å². The van der Waals surface area contributed by atoms with Gasteiger partial charge in [-0.05, 0) is 49.2 Å². The zero-order chi connectivity index (χ0) is 19.9. The number of ether oxygens (including phenoxy) is 1. The molecule has 0 atom stereocenters. The number of carbonyl (C=O) groups excluding carboxylic acids is 2. The van der Waals surface area contributed by atoms with E-state index in [1.807, 2.05) is 49.4 Å². The fourth-order valence-corrected chi connectivity index (χ4v) is 4.08. The highest BCUT2D eigenvalue weighted by molar-refractivity contribution is 7.99. The van der Waals surface area contributed by atoms with Crippen molar-refractivity contribution in [3.05, 3.63) is 48.0 Å². The van der Waals surface area contributed by atoms with Crippen LogP contribution in [0.5, 0.6) is 5.75 Å². The Morgan fingerprint density at radius 1 is 1.18 bits per heavy atom. The topological polar surface area (TPSA) is 58.6 Å². The van der Waals surface area contributed by atoms with Gasteiger partial charge in [0.05, 0.1) is 12.3 Å². The Kier molecular flexibility index (Phi) is 6.98. The minimum Gasteiger partial charge on any atom is -0.494 e. The first-order valence-electron chi connectivity index (χ1n) is 9.64. The van der Waals surface area contributed by atoms with Crippen LogP contribution in [-0.2, 0) is 9.59 Å². The summed E-state index contributed by atoms with van der Waals surface area (Å²) in [5.74, 6) is 1.51. The molecule has 3 rings (SSSR count). The number of amides is 2.